The van der Waals surface area contributed by atoms with Gasteiger partial charge in [0.25, 0.3) is 0 Å². The minimum atomic E-state index is -0.382. The molecule has 28 heavy (non-hydrogen) atoms. The average molecular weight is 383 g/mol. The largest absolute Gasteiger partial charge is 0.352 e. The van der Waals surface area contributed by atoms with E-state index in [2.05, 4.69) is 15.5 Å². The summed E-state index contributed by atoms with van der Waals surface area (Å²) in [5, 5.41) is 5.75. The molecule has 0 aliphatic carbocycles. The van der Waals surface area contributed by atoms with Crippen molar-refractivity contribution in [3.05, 3.63) is 66.0 Å². The number of amides is 2. The lowest BCUT2D eigenvalue weighted by Gasteiger charge is -2.34. The Hall–Kier alpha value is -2.73. The van der Waals surface area contributed by atoms with Crippen molar-refractivity contribution in [2.45, 2.75) is 32.4 Å². The molecule has 1 aliphatic heterocycles. The van der Waals surface area contributed by atoms with Gasteiger partial charge in [0.05, 0.1) is 6.04 Å². The second-order valence-corrected chi connectivity index (χ2v) is 7.19. The molecule has 1 saturated heterocycles. The highest BCUT2D eigenvalue weighted by atomic mass is 19.1. The number of hydrogen-bond donors (Lipinski definition) is 2. The van der Waals surface area contributed by atoms with Gasteiger partial charge in [0.1, 0.15) is 5.82 Å². The van der Waals surface area contributed by atoms with Gasteiger partial charge < -0.3 is 10.6 Å². The molecule has 1 heterocycles. The lowest BCUT2D eigenvalue weighted by molar-refractivity contribution is -0.127. The average Bonchev–Trinajstić information content (AvgIpc) is 2.72. The Morgan fingerprint density at radius 2 is 1.82 bits per heavy atom. The van der Waals surface area contributed by atoms with Crippen molar-refractivity contribution < 1.29 is 14.0 Å². The maximum absolute atomic E-state index is 13.3. The first-order valence-electron chi connectivity index (χ1n) is 9.65. The van der Waals surface area contributed by atoms with Crippen molar-refractivity contribution in [1.82, 2.24) is 10.2 Å². The molecule has 2 aromatic rings. The molecule has 2 N–H and O–H groups in total. The second kappa shape index (κ2) is 9.46. The normalized spacial score (nSPS) is 16.4. The quantitative estimate of drug-likeness (QED) is 0.805. The predicted molar refractivity (Wildman–Crippen MR) is 107 cm³/mol. The minimum absolute atomic E-state index is 0.0292. The van der Waals surface area contributed by atoms with Crippen LogP contribution in [0, 0.1) is 11.7 Å². The van der Waals surface area contributed by atoms with Crippen LogP contribution in [0.15, 0.2) is 54.6 Å². The second-order valence-electron chi connectivity index (χ2n) is 7.19. The molecule has 0 radical (unpaired) electrons. The van der Waals surface area contributed by atoms with Crippen LogP contribution in [0.3, 0.4) is 0 Å². The zero-order valence-corrected chi connectivity index (χ0v) is 16.0. The number of rotatable bonds is 6. The molecule has 6 heteroatoms. The van der Waals surface area contributed by atoms with Crippen LogP contribution in [0.5, 0.6) is 0 Å². The summed E-state index contributed by atoms with van der Waals surface area (Å²) in [7, 11) is 0. The topological polar surface area (TPSA) is 61.4 Å². The molecule has 1 aliphatic rings. The number of carbonyl (C=O) groups is 2. The Morgan fingerprint density at radius 3 is 2.50 bits per heavy atom. The van der Waals surface area contributed by atoms with Crippen LogP contribution in [0.25, 0.3) is 0 Å². The third kappa shape index (κ3) is 5.39. The fourth-order valence-corrected chi connectivity index (χ4v) is 3.46. The van der Waals surface area contributed by atoms with E-state index < -0.39 is 0 Å². The molecule has 5 nitrogen and oxygen atoms in total. The Morgan fingerprint density at radius 1 is 1.11 bits per heavy atom. The first-order valence-corrected chi connectivity index (χ1v) is 9.65. The molecule has 3 rings (SSSR count). The molecular weight excluding hydrogens is 357 g/mol. The molecule has 2 aromatic carbocycles. The highest BCUT2D eigenvalue weighted by molar-refractivity contribution is 5.94. The van der Waals surface area contributed by atoms with Gasteiger partial charge in [-0.3, -0.25) is 14.5 Å². The maximum atomic E-state index is 13.3. The molecule has 0 unspecified atom stereocenters. The van der Waals surface area contributed by atoms with Crippen LogP contribution in [0.1, 0.15) is 25.3 Å². The molecule has 0 aromatic heterocycles. The number of hydrogen-bond acceptors (Lipinski definition) is 3. The Balaban J connectivity index is 1.44. The number of carbonyl (C=O) groups excluding carboxylic acids is 2. The van der Waals surface area contributed by atoms with Crippen molar-refractivity contribution in [3.8, 4) is 0 Å². The zero-order valence-electron chi connectivity index (χ0n) is 16.0. The number of piperidine rings is 1. The van der Waals surface area contributed by atoms with E-state index in [9.17, 15) is 14.0 Å². The molecule has 1 atom stereocenters. The van der Waals surface area contributed by atoms with Gasteiger partial charge in [-0.15, -0.1) is 0 Å². The molecular formula is C22H26FN3O2. The molecule has 0 saturated carbocycles. The Labute approximate surface area is 164 Å². The fraction of sp³-hybridized carbons (Fsp3) is 0.364. The summed E-state index contributed by atoms with van der Waals surface area (Å²) < 4.78 is 13.3. The van der Waals surface area contributed by atoms with E-state index in [1.165, 1.54) is 12.1 Å². The Kier molecular flexibility index (Phi) is 6.76. The van der Waals surface area contributed by atoms with E-state index in [0.717, 1.165) is 18.4 Å². The van der Waals surface area contributed by atoms with E-state index in [4.69, 9.17) is 0 Å². The monoisotopic (exact) mass is 383 g/mol. The van der Waals surface area contributed by atoms with Crippen molar-refractivity contribution in [2.24, 2.45) is 5.92 Å². The summed E-state index contributed by atoms with van der Waals surface area (Å²) >= 11 is 0. The van der Waals surface area contributed by atoms with Crippen LogP contribution in [-0.2, 0) is 16.1 Å². The van der Waals surface area contributed by atoms with Gasteiger partial charge in [0.15, 0.2) is 0 Å². The van der Waals surface area contributed by atoms with Crippen molar-refractivity contribution in [2.75, 3.05) is 18.4 Å². The number of halogens is 1. The molecule has 0 spiro atoms. The number of likely N-dealkylation sites (tertiary alicyclic amines) is 1. The van der Waals surface area contributed by atoms with Crippen molar-refractivity contribution in [3.63, 3.8) is 0 Å². The van der Waals surface area contributed by atoms with Crippen molar-refractivity contribution in [1.29, 1.82) is 0 Å². The fourth-order valence-electron chi connectivity index (χ4n) is 3.46. The maximum Gasteiger partial charge on any atom is 0.241 e. The summed E-state index contributed by atoms with van der Waals surface area (Å²) in [6, 6.07) is 15.4. The lowest BCUT2D eigenvalue weighted by atomic mass is 9.94. The van der Waals surface area contributed by atoms with Crippen LogP contribution in [0.4, 0.5) is 10.1 Å². The lowest BCUT2D eigenvalue weighted by Crippen LogP contribution is -2.48. The third-order valence-electron chi connectivity index (χ3n) is 5.23. The summed E-state index contributed by atoms with van der Waals surface area (Å²) in [6.45, 7) is 3.74. The first kappa shape index (κ1) is 20.0. The molecule has 2 amide bonds. The zero-order chi connectivity index (χ0) is 19.9. The van der Waals surface area contributed by atoms with Gasteiger partial charge in [-0.1, -0.05) is 36.4 Å². The standard InChI is InChI=1S/C22H26FN3O2/c1-16(21(27)25-20-9-5-8-19(23)14-20)26-12-10-18(11-13-26)22(28)24-15-17-6-3-2-4-7-17/h2-9,14,16,18H,10-13,15H2,1H3,(H,24,28)(H,25,27)/t16-/m1/s1. The molecule has 0 bridgehead atoms. The van der Waals surface area contributed by atoms with Crippen LogP contribution in [-0.4, -0.2) is 35.8 Å². The van der Waals surface area contributed by atoms with Gasteiger partial charge in [0.2, 0.25) is 11.8 Å². The number of nitrogens with zero attached hydrogens (tertiary/aromatic N) is 1. The number of nitrogens with one attached hydrogen (secondary N) is 2. The first-order chi connectivity index (χ1) is 13.5. The van der Waals surface area contributed by atoms with E-state index in [0.29, 0.717) is 25.3 Å². The summed E-state index contributed by atoms with van der Waals surface area (Å²) in [5.41, 5.74) is 1.53. The van der Waals surface area contributed by atoms with Gasteiger partial charge in [0, 0.05) is 18.2 Å². The SMILES string of the molecule is C[C@H](C(=O)Nc1cccc(F)c1)N1CCC(C(=O)NCc2ccccc2)CC1. The van der Waals surface area contributed by atoms with Crippen LogP contribution < -0.4 is 10.6 Å². The summed E-state index contributed by atoms with van der Waals surface area (Å²) in [6.07, 6.45) is 1.44. The highest BCUT2D eigenvalue weighted by Crippen LogP contribution is 2.20. The smallest absolute Gasteiger partial charge is 0.241 e. The number of benzene rings is 2. The predicted octanol–water partition coefficient (Wildman–Crippen LogP) is 3.18. The third-order valence-corrected chi connectivity index (χ3v) is 5.23. The van der Waals surface area contributed by atoms with Crippen molar-refractivity contribution >= 4 is 17.5 Å². The van der Waals surface area contributed by atoms with Gasteiger partial charge in [-0.25, -0.2) is 4.39 Å². The van der Waals surface area contributed by atoms with Crippen LogP contribution in [0.2, 0.25) is 0 Å². The highest BCUT2D eigenvalue weighted by Gasteiger charge is 2.29. The van der Waals surface area contributed by atoms with E-state index in [-0.39, 0.29) is 29.6 Å². The van der Waals surface area contributed by atoms with Gasteiger partial charge in [-0.2, -0.15) is 0 Å². The van der Waals surface area contributed by atoms with E-state index in [1.807, 2.05) is 37.3 Å². The minimum Gasteiger partial charge on any atom is -0.352 e. The van der Waals surface area contributed by atoms with Crippen LogP contribution >= 0.6 is 0 Å². The summed E-state index contributed by atoms with van der Waals surface area (Å²) in [4.78, 5) is 26.9. The van der Waals surface area contributed by atoms with Gasteiger partial charge >= 0.3 is 0 Å². The van der Waals surface area contributed by atoms with E-state index >= 15 is 0 Å². The summed E-state index contributed by atoms with van der Waals surface area (Å²) in [5.74, 6) is -0.510. The van der Waals surface area contributed by atoms with E-state index in [1.54, 1.807) is 12.1 Å². The van der Waals surface area contributed by atoms with Gasteiger partial charge in [-0.05, 0) is 56.6 Å². The molecule has 1 fully saturated rings. The Bertz CT molecular complexity index is 804. The molecule has 148 valence electrons. The number of anilines is 1.